The van der Waals surface area contributed by atoms with E-state index in [0.717, 1.165) is 12.8 Å². The van der Waals surface area contributed by atoms with Gasteiger partial charge in [0.15, 0.2) is 0 Å². The molecule has 7 N–H and O–H groups in total. The molecule has 0 aliphatic carbocycles. The van der Waals surface area contributed by atoms with E-state index in [9.17, 15) is 19.2 Å². The van der Waals surface area contributed by atoms with E-state index in [1.807, 2.05) is 0 Å². The summed E-state index contributed by atoms with van der Waals surface area (Å²) < 4.78 is 0. The molecule has 1 heterocycles. The molecule has 160 valence electrons. The fourth-order valence-electron chi connectivity index (χ4n) is 2.99. The van der Waals surface area contributed by atoms with Crippen molar-refractivity contribution < 1.29 is 24.3 Å². The molecule has 1 aliphatic heterocycles. The largest absolute Gasteiger partial charge is 0.480 e. The molecule has 1 rings (SSSR count). The lowest BCUT2D eigenvalue weighted by atomic mass is 10.1. The van der Waals surface area contributed by atoms with E-state index in [2.05, 4.69) is 23.3 Å². The molecule has 0 saturated carbocycles. The number of rotatable bonds is 11. The van der Waals surface area contributed by atoms with Gasteiger partial charge in [-0.3, -0.25) is 19.2 Å². The number of hydrogen-bond acceptors (Lipinski definition) is 7. The van der Waals surface area contributed by atoms with Crippen molar-refractivity contribution in [2.75, 3.05) is 18.8 Å². The predicted molar refractivity (Wildman–Crippen MR) is 107 cm³/mol. The van der Waals surface area contributed by atoms with Gasteiger partial charge in [0.1, 0.15) is 18.1 Å². The van der Waals surface area contributed by atoms with Gasteiger partial charge in [-0.25, -0.2) is 0 Å². The Kier molecular flexibility index (Phi) is 10.3. The van der Waals surface area contributed by atoms with Gasteiger partial charge in [-0.15, -0.1) is 0 Å². The molecule has 1 saturated heterocycles. The Hall–Kier alpha value is -1.85. The number of carboxylic acids is 1. The number of carboxylic acid groups (broad SMARTS) is 1. The molecule has 10 nitrogen and oxygen atoms in total. The Labute approximate surface area is 170 Å². The topological polar surface area (TPSA) is 168 Å². The maximum atomic E-state index is 12.6. The van der Waals surface area contributed by atoms with Crippen LogP contribution >= 0.6 is 12.6 Å². The smallest absolute Gasteiger partial charge is 0.325 e. The monoisotopic (exact) mass is 417 g/mol. The third-order valence-corrected chi connectivity index (χ3v) is 5.03. The van der Waals surface area contributed by atoms with Gasteiger partial charge in [-0.05, 0) is 39.2 Å². The number of nitrogens with two attached hydrogens (primary N) is 2. The van der Waals surface area contributed by atoms with Gasteiger partial charge in [0.25, 0.3) is 0 Å². The highest BCUT2D eigenvalue weighted by Crippen LogP contribution is 2.19. The molecule has 0 aromatic heterocycles. The number of hydrogen-bond donors (Lipinski definition) is 6. The molecule has 1 fully saturated rings. The molecule has 0 aromatic carbocycles. The average molecular weight is 418 g/mol. The fourth-order valence-corrected chi connectivity index (χ4v) is 3.24. The summed E-state index contributed by atoms with van der Waals surface area (Å²) in [5.41, 5.74) is 11.4. The van der Waals surface area contributed by atoms with Crippen LogP contribution in [-0.4, -0.2) is 76.7 Å². The lowest BCUT2D eigenvalue weighted by molar-refractivity contribution is -0.142. The standard InChI is InChI=1S/C17H31N5O5S/c1-10(17(26)27)20-14(23)12(9-28)21-15(24)13-6-4-8-22(13)16(25)11(19)5-2-3-7-18/h10-13,28H,2-9,18-19H2,1H3,(H,20,23)(H,21,24)(H,26,27). The number of nitrogens with one attached hydrogen (secondary N) is 2. The first-order chi connectivity index (χ1) is 13.2. The minimum atomic E-state index is -1.19. The molecule has 4 unspecified atom stereocenters. The zero-order valence-electron chi connectivity index (χ0n) is 16.1. The summed E-state index contributed by atoms with van der Waals surface area (Å²) in [7, 11) is 0. The Morgan fingerprint density at radius 3 is 2.50 bits per heavy atom. The van der Waals surface area contributed by atoms with E-state index in [-0.39, 0.29) is 11.7 Å². The Balaban J connectivity index is 2.68. The van der Waals surface area contributed by atoms with Crippen molar-refractivity contribution in [3.05, 3.63) is 0 Å². The van der Waals surface area contributed by atoms with Gasteiger partial charge < -0.3 is 32.1 Å². The van der Waals surface area contributed by atoms with Crippen LogP contribution in [0.2, 0.25) is 0 Å². The van der Waals surface area contributed by atoms with Crippen LogP contribution in [0.15, 0.2) is 0 Å². The molecule has 3 amide bonds. The van der Waals surface area contributed by atoms with E-state index in [1.165, 1.54) is 11.8 Å². The number of unbranched alkanes of at least 4 members (excludes halogenated alkanes) is 1. The molecule has 0 aromatic rings. The second-order valence-electron chi connectivity index (χ2n) is 6.89. The summed E-state index contributed by atoms with van der Waals surface area (Å²) in [6.07, 6.45) is 3.14. The summed E-state index contributed by atoms with van der Waals surface area (Å²) >= 11 is 4.06. The molecule has 11 heteroatoms. The molecule has 0 bridgehead atoms. The molecular formula is C17H31N5O5S. The Morgan fingerprint density at radius 2 is 1.93 bits per heavy atom. The van der Waals surface area contributed by atoms with Crippen molar-refractivity contribution in [3.63, 3.8) is 0 Å². The number of amides is 3. The van der Waals surface area contributed by atoms with Gasteiger partial charge in [-0.1, -0.05) is 6.42 Å². The lowest BCUT2D eigenvalue weighted by Crippen LogP contribution is -2.56. The highest BCUT2D eigenvalue weighted by atomic mass is 32.1. The number of likely N-dealkylation sites (tertiary alicyclic amines) is 1. The minimum Gasteiger partial charge on any atom is -0.480 e. The summed E-state index contributed by atoms with van der Waals surface area (Å²) in [4.78, 5) is 49.7. The molecule has 1 aliphatic rings. The summed E-state index contributed by atoms with van der Waals surface area (Å²) in [6.45, 7) is 2.28. The number of carbonyl (C=O) groups is 4. The number of carbonyl (C=O) groups excluding carboxylic acids is 3. The van der Waals surface area contributed by atoms with Crippen molar-refractivity contribution in [2.45, 2.75) is 63.2 Å². The summed E-state index contributed by atoms with van der Waals surface area (Å²) in [5.74, 6) is -2.61. The van der Waals surface area contributed by atoms with E-state index >= 15 is 0 Å². The number of aliphatic carboxylic acids is 1. The molecule has 4 atom stereocenters. The summed E-state index contributed by atoms with van der Waals surface area (Å²) in [6, 6.07) is -3.50. The van der Waals surface area contributed by atoms with Gasteiger partial charge in [-0.2, -0.15) is 12.6 Å². The average Bonchev–Trinajstić information content (AvgIpc) is 3.14. The highest BCUT2D eigenvalue weighted by Gasteiger charge is 2.37. The van der Waals surface area contributed by atoms with E-state index in [4.69, 9.17) is 16.6 Å². The Bertz CT molecular complexity index is 576. The van der Waals surface area contributed by atoms with Crippen molar-refractivity contribution in [1.29, 1.82) is 0 Å². The van der Waals surface area contributed by atoms with Crippen LogP contribution in [0, 0.1) is 0 Å². The zero-order chi connectivity index (χ0) is 21.3. The fraction of sp³-hybridized carbons (Fsp3) is 0.765. The van der Waals surface area contributed by atoms with E-state index in [1.54, 1.807) is 0 Å². The van der Waals surface area contributed by atoms with Crippen LogP contribution in [0.5, 0.6) is 0 Å². The normalized spacial score (nSPS) is 19.6. The molecule has 28 heavy (non-hydrogen) atoms. The third-order valence-electron chi connectivity index (χ3n) is 4.67. The van der Waals surface area contributed by atoms with Crippen LogP contribution in [0.1, 0.15) is 39.0 Å². The molecular weight excluding hydrogens is 386 g/mol. The first-order valence-electron chi connectivity index (χ1n) is 9.43. The maximum Gasteiger partial charge on any atom is 0.325 e. The van der Waals surface area contributed by atoms with E-state index < -0.39 is 42.0 Å². The van der Waals surface area contributed by atoms with Crippen molar-refractivity contribution in [1.82, 2.24) is 15.5 Å². The molecule has 0 spiro atoms. The maximum absolute atomic E-state index is 12.6. The quantitative estimate of drug-likeness (QED) is 0.174. The predicted octanol–water partition coefficient (Wildman–Crippen LogP) is -1.56. The van der Waals surface area contributed by atoms with Crippen LogP contribution in [-0.2, 0) is 19.2 Å². The minimum absolute atomic E-state index is 0.0107. The highest BCUT2D eigenvalue weighted by molar-refractivity contribution is 7.80. The molecule has 0 radical (unpaired) electrons. The second-order valence-corrected chi connectivity index (χ2v) is 7.26. The van der Waals surface area contributed by atoms with Crippen molar-refractivity contribution in [2.24, 2.45) is 11.5 Å². The summed E-state index contributed by atoms with van der Waals surface area (Å²) in [5, 5.41) is 13.7. The van der Waals surface area contributed by atoms with Gasteiger partial charge >= 0.3 is 5.97 Å². The number of thiol groups is 1. The van der Waals surface area contributed by atoms with Crippen LogP contribution in [0.25, 0.3) is 0 Å². The first-order valence-corrected chi connectivity index (χ1v) is 10.1. The van der Waals surface area contributed by atoms with Gasteiger partial charge in [0.2, 0.25) is 17.7 Å². The van der Waals surface area contributed by atoms with Crippen LogP contribution in [0.3, 0.4) is 0 Å². The first kappa shape index (κ1) is 24.2. The van der Waals surface area contributed by atoms with Crippen LogP contribution in [0.4, 0.5) is 0 Å². The van der Waals surface area contributed by atoms with Crippen molar-refractivity contribution >= 4 is 36.3 Å². The number of nitrogens with zero attached hydrogens (tertiary/aromatic N) is 1. The van der Waals surface area contributed by atoms with Crippen LogP contribution < -0.4 is 22.1 Å². The van der Waals surface area contributed by atoms with Crippen molar-refractivity contribution in [3.8, 4) is 0 Å². The lowest BCUT2D eigenvalue weighted by Gasteiger charge is -2.28. The van der Waals surface area contributed by atoms with E-state index in [0.29, 0.717) is 32.4 Å². The van der Waals surface area contributed by atoms with Gasteiger partial charge in [0, 0.05) is 12.3 Å². The SMILES string of the molecule is CC(NC(=O)C(CS)NC(=O)C1CCCN1C(=O)C(N)CCCCN)C(=O)O. The second kappa shape index (κ2) is 11.9. The zero-order valence-corrected chi connectivity index (χ0v) is 17.0. The Morgan fingerprint density at radius 1 is 1.25 bits per heavy atom. The van der Waals surface area contributed by atoms with Gasteiger partial charge in [0.05, 0.1) is 6.04 Å². The third kappa shape index (κ3) is 6.95.